The molecular formula is C32H34FN5O3S. The third-order valence-electron chi connectivity index (χ3n) is 7.77. The van der Waals surface area contributed by atoms with Crippen LogP contribution in [0.15, 0.2) is 54.9 Å². The topological polar surface area (TPSA) is 102 Å². The van der Waals surface area contributed by atoms with Crippen LogP contribution in [0.4, 0.5) is 4.39 Å². The van der Waals surface area contributed by atoms with Crippen LogP contribution in [-0.2, 0) is 22.6 Å². The van der Waals surface area contributed by atoms with Gasteiger partial charge in [0.25, 0.3) is 0 Å². The smallest absolute Gasteiger partial charge is 0.223 e. The summed E-state index contributed by atoms with van der Waals surface area (Å²) in [7, 11) is 0. The summed E-state index contributed by atoms with van der Waals surface area (Å²) in [5.74, 6) is 0.953. The number of aromatic nitrogens is 2. The van der Waals surface area contributed by atoms with Crippen molar-refractivity contribution in [2.45, 2.75) is 38.6 Å². The summed E-state index contributed by atoms with van der Waals surface area (Å²) in [5, 5.41) is 0. The predicted octanol–water partition coefficient (Wildman–Crippen LogP) is 5.19. The molecular weight excluding hydrogens is 553 g/mol. The highest BCUT2D eigenvalue weighted by Gasteiger charge is 2.24. The van der Waals surface area contributed by atoms with Gasteiger partial charge >= 0.3 is 0 Å². The molecule has 10 heteroatoms. The number of nitrogens with two attached hydrogens (primary N) is 1. The number of carbonyl (C=O) groups excluding carboxylic acids is 2. The third kappa shape index (κ3) is 6.83. The lowest BCUT2D eigenvalue weighted by Crippen LogP contribution is -2.48. The molecule has 42 heavy (non-hydrogen) atoms. The van der Waals surface area contributed by atoms with E-state index in [-0.39, 0.29) is 23.9 Å². The Morgan fingerprint density at radius 3 is 2.52 bits per heavy atom. The lowest BCUT2D eigenvalue weighted by molar-refractivity contribution is -0.132. The monoisotopic (exact) mass is 587 g/mol. The molecule has 0 spiro atoms. The number of amides is 1. The Balaban J connectivity index is 1.10. The molecule has 1 saturated carbocycles. The van der Waals surface area contributed by atoms with E-state index in [4.69, 9.17) is 15.5 Å². The second-order valence-corrected chi connectivity index (χ2v) is 12.2. The number of Topliss-reactive ketones (excluding diaryl/α,β-unsaturated/α-hetero) is 1. The summed E-state index contributed by atoms with van der Waals surface area (Å²) < 4.78 is 21.7. The first kappa shape index (κ1) is 28.4. The highest BCUT2D eigenvalue weighted by Crippen LogP contribution is 2.39. The molecule has 1 saturated heterocycles. The van der Waals surface area contributed by atoms with Crippen molar-refractivity contribution >= 4 is 33.2 Å². The van der Waals surface area contributed by atoms with Gasteiger partial charge in [-0.3, -0.25) is 24.5 Å². The molecule has 2 fully saturated rings. The van der Waals surface area contributed by atoms with Crippen LogP contribution in [0.1, 0.15) is 36.8 Å². The molecule has 0 radical (unpaired) electrons. The number of ether oxygens (including phenoxy) is 1. The van der Waals surface area contributed by atoms with Crippen LogP contribution >= 0.6 is 11.3 Å². The van der Waals surface area contributed by atoms with E-state index >= 15 is 0 Å². The molecule has 3 aromatic heterocycles. The van der Waals surface area contributed by atoms with Crippen LogP contribution in [0.2, 0.25) is 0 Å². The summed E-state index contributed by atoms with van der Waals surface area (Å²) >= 11 is 1.50. The molecule has 0 bridgehead atoms. The van der Waals surface area contributed by atoms with E-state index in [2.05, 4.69) is 16.0 Å². The number of thiophene rings is 1. The summed E-state index contributed by atoms with van der Waals surface area (Å²) in [4.78, 5) is 38.6. The van der Waals surface area contributed by atoms with Crippen LogP contribution in [0.5, 0.6) is 11.5 Å². The number of hydrogen-bond donors (Lipinski definition) is 1. The highest BCUT2D eigenvalue weighted by molar-refractivity contribution is 7.22. The predicted molar refractivity (Wildman–Crippen MR) is 161 cm³/mol. The summed E-state index contributed by atoms with van der Waals surface area (Å²) in [6.07, 6.45) is 7.03. The third-order valence-corrected chi connectivity index (χ3v) is 8.93. The molecule has 1 aliphatic carbocycles. The molecule has 0 atom stereocenters. The van der Waals surface area contributed by atoms with Crippen molar-refractivity contribution < 1.29 is 18.7 Å². The van der Waals surface area contributed by atoms with Gasteiger partial charge in [0.2, 0.25) is 5.91 Å². The van der Waals surface area contributed by atoms with Gasteiger partial charge < -0.3 is 15.4 Å². The van der Waals surface area contributed by atoms with Crippen molar-refractivity contribution in [1.82, 2.24) is 19.8 Å². The zero-order valence-electron chi connectivity index (χ0n) is 23.4. The SMILES string of the molecule is NCCC(=O)N1CCN(Cc2ccc(-c3cc4nccc(Oc5ccc(CC(=O)CC6CC6)cc5F)c4s3)nc2)CC1. The first-order valence-corrected chi connectivity index (χ1v) is 15.3. The van der Waals surface area contributed by atoms with Gasteiger partial charge in [-0.1, -0.05) is 12.1 Å². The number of hydrogen-bond acceptors (Lipinski definition) is 8. The number of piperazine rings is 1. The minimum Gasteiger partial charge on any atom is -0.453 e. The Morgan fingerprint density at radius 2 is 1.81 bits per heavy atom. The first-order chi connectivity index (χ1) is 20.4. The molecule has 1 amide bonds. The number of pyridine rings is 2. The molecule has 4 heterocycles. The number of ketones is 1. The van der Waals surface area contributed by atoms with Crippen molar-refractivity contribution in [3.05, 3.63) is 71.8 Å². The number of benzene rings is 1. The van der Waals surface area contributed by atoms with Crippen molar-refractivity contribution in [1.29, 1.82) is 0 Å². The maximum atomic E-state index is 14.9. The van der Waals surface area contributed by atoms with Gasteiger partial charge in [0, 0.05) is 77.0 Å². The van der Waals surface area contributed by atoms with Gasteiger partial charge in [0.15, 0.2) is 11.6 Å². The van der Waals surface area contributed by atoms with Crippen LogP contribution < -0.4 is 10.5 Å². The Kier molecular flexibility index (Phi) is 8.55. The van der Waals surface area contributed by atoms with Gasteiger partial charge in [-0.2, -0.15) is 0 Å². The lowest BCUT2D eigenvalue weighted by Gasteiger charge is -2.34. The molecule has 0 unspecified atom stereocenters. The van der Waals surface area contributed by atoms with E-state index in [1.165, 1.54) is 17.4 Å². The lowest BCUT2D eigenvalue weighted by atomic mass is 10.0. The van der Waals surface area contributed by atoms with Crippen LogP contribution in [0, 0.1) is 11.7 Å². The molecule has 1 aromatic carbocycles. The Bertz CT molecular complexity index is 1580. The van der Waals surface area contributed by atoms with Crippen molar-refractivity contribution in [3.8, 4) is 22.1 Å². The second kappa shape index (κ2) is 12.6. The van der Waals surface area contributed by atoms with Gasteiger partial charge in [-0.05, 0) is 54.2 Å². The van der Waals surface area contributed by atoms with E-state index in [1.807, 2.05) is 23.2 Å². The number of rotatable bonds is 11. The average Bonchev–Trinajstić information content (AvgIpc) is 3.69. The van der Waals surface area contributed by atoms with E-state index < -0.39 is 5.82 Å². The standard InChI is InChI=1S/C32H34FN5O3S/c33-25-17-22(16-24(39)15-21-1-2-21)4-6-28(25)41-29-8-10-35-27-18-30(42-32(27)29)26-5-3-23(19-36-26)20-37-11-13-38(14-12-37)31(40)7-9-34/h3-6,8,10,17-19,21H,1-2,7,9,11-16,20,34H2. The normalized spacial score (nSPS) is 15.7. The van der Waals surface area contributed by atoms with Crippen LogP contribution in [-0.4, -0.2) is 64.2 Å². The number of nitrogens with zero attached hydrogens (tertiary/aromatic N) is 4. The quantitative estimate of drug-likeness (QED) is 0.258. The fraction of sp³-hybridized carbons (Fsp3) is 0.375. The molecule has 2 N–H and O–H groups in total. The number of halogens is 1. The number of carbonyl (C=O) groups is 2. The summed E-state index contributed by atoms with van der Waals surface area (Å²) in [6.45, 7) is 4.25. The Morgan fingerprint density at radius 1 is 1.00 bits per heavy atom. The minimum atomic E-state index is -0.491. The maximum Gasteiger partial charge on any atom is 0.223 e. The molecule has 218 valence electrons. The molecule has 1 aliphatic heterocycles. The van der Waals surface area contributed by atoms with Crippen LogP contribution in [0.3, 0.4) is 0 Å². The van der Waals surface area contributed by atoms with E-state index in [9.17, 15) is 14.0 Å². The van der Waals surface area contributed by atoms with Gasteiger partial charge in [0.1, 0.15) is 11.5 Å². The highest BCUT2D eigenvalue weighted by atomic mass is 32.1. The minimum absolute atomic E-state index is 0.114. The van der Waals surface area contributed by atoms with Gasteiger partial charge in [-0.25, -0.2) is 4.39 Å². The maximum absolute atomic E-state index is 14.9. The fourth-order valence-corrected chi connectivity index (χ4v) is 6.32. The molecule has 6 rings (SSSR count). The second-order valence-electron chi connectivity index (χ2n) is 11.1. The zero-order valence-corrected chi connectivity index (χ0v) is 24.2. The van der Waals surface area contributed by atoms with Gasteiger partial charge in [-0.15, -0.1) is 11.3 Å². The Labute approximate surface area is 248 Å². The summed E-state index contributed by atoms with van der Waals surface area (Å²) in [6, 6.07) is 12.5. The van der Waals surface area contributed by atoms with Crippen molar-refractivity contribution in [2.75, 3.05) is 32.7 Å². The molecule has 4 aromatic rings. The van der Waals surface area contributed by atoms with Crippen LogP contribution in [0.25, 0.3) is 20.8 Å². The average molecular weight is 588 g/mol. The largest absolute Gasteiger partial charge is 0.453 e. The van der Waals surface area contributed by atoms with Gasteiger partial charge in [0.05, 0.1) is 20.8 Å². The van der Waals surface area contributed by atoms with Crippen molar-refractivity contribution in [2.24, 2.45) is 11.7 Å². The summed E-state index contributed by atoms with van der Waals surface area (Å²) in [5.41, 5.74) is 8.87. The first-order valence-electron chi connectivity index (χ1n) is 14.5. The Hall–Kier alpha value is -3.73. The number of fused-ring (bicyclic) bond motifs is 1. The van der Waals surface area contributed by atoms with E-state index in [0.717, 1.165) is 71.9 Å². The zero-order chi connectivity index (χ0) is 29.1. The molecule has 8 nitrogen and oxygen atoms in total. The molecule has 2 aliphatic rings. The van der Waals surface area contributed by atoms with E-state index in [1.54, 1.807) is 24.4 Å². The fourth-order valence-electron chi connectivity index (χ4n) is 5.28. The van der Waals surface area contributed by atoms with Crippen molar-refractivity contribution in [3.63, 3.8) is 0 Å². The van der Waals surface area contributed by atoms with E-state index in [0.29, 0.717) is 36.6 Å².